The summed E-state index contributed by atoms with van der Waals surface area (Å²) < 4.78 is 0. The molecule has 1 aliphatic rings. The van der Waals surface area contributed by atoms with Crippen LogP contribution in [0, 0.1) is 16.0 Å². The number of amides is 3. The van der Waals surface area contributed by atoms with Gasteiger partial charge in [0.2, 0.25) is 5.91 Å². The second-order valence-corrected chi connectivity index (χ2v) is 8.26. The zero-order valence-electron chi connectivity index (χ0n) is 17.9. The van der Waals surface area contributed by atoms with Gasteiger partial charge in [-0.25, -0.2) is 0 Å². The number of fused-ring (bicyclic) bond motifs is 1. The van der Waals surface area contributed by atoms with Crippen LogP contribution in [-0.2, 0) is 4.79 Å². The molecule has 1 aliphatic heterocycles. The molecule has 0 saturated carbocycles. The first-order chi connectivity index (χ1) is 14.6. The minimum absolute atomic E-state index is 0.0586. The summed E-state index contributed by atoms with van der Waals surface area (Å²) in [5, 5.41) is 14.1. The minimum atomic E-state index is -0.829. The smallest absolute Gasteiger partial charge is 0.282 e. The van der Waals surface area contributed by atoms with Crippen molar-refractivity contribution in [1.29, 1.82) is 0 Å². The lowest BCUT2D eigenvalue weighted by atomic mass is 9.93. The molecular formula is C23H25N3O5. The van der Waals surface area contributed by atoms with E-state index in [2.05, 4.69) is 19.2 Å². The molecule has 1 atom stereocenters. The molecule has 0 radical (unpaired) electrons. The minimum Gasteiger partial charge on any atom is -0.347 e. The molecule has 3 amide bonds. The Bertz CT molecular complexity index is 1040. The third-order valence-corrected chi connectivity index (χ3v) is 5.42. The maximum Gasteiger partial charge on any atom is 0.282 e. The summed E-state index contributed by atoms with van der Waals surface area (Å²) in [6.45, 7) is 7.63. The molecule has 31 heavy (non-hydrogen) atoms. The van der Waals surface area contributed by atoms with Crippen molar-refractivity contribution in [3.8, 4) is 0 Å². The average molecular weight is 423 g/mol. The lowest BCUT2D eigenvalue weighted by molar-refractivity contribution is -0.385. The van der Waals surface area contributed by atoms with E-state index in [1.54, 1.807) is 0 Å². The standard InChI is InChI=1S/C23H25N3O5/c1-13(2)15-8-10-16(11-9-15)21(14(3)4)24-19(27)12-25-22(28)17-6-5-7-18(26(30)31)20(17)23(25)29/h5-11,13-14,21H,12H2,1-4H3,(H,24,27)/t21-/m1/s1. The van der Waals surface area contributed by atoms with Gasteiger partial charge in [0.05, 0.1) is 16.5 Å². The van der Waals surface area contributed by atoms with Gasteiger partial charge in [0, 0.05) is 6.07 Å². The quantitative estimate of drug-likeness (QED) is 0.413. The molecule has 162 valence electrons. The number of nitro groups is 1. The number of nitrogens with one attached hydrogen (secondary N) is 1. The molecule has 1 N–H and O–H groups in total. The number of imide groups is 1. The molecule has 3 rings (SSSR count). The first-order valence-electron chi connectivity index (χ1n) is 10.1. The molecule has 2 aromatic rings. The monoisotopic (exact) mass is 423 g/mol. The third-order valence-electron chi connectivity index (χ3n) is 5.42. The van der Waals surface area contributed by atoms with Gasteiger partial charge in [0.25, 0.3) is 17.5 Å². The Kier molecular flexibility index (Phi) is 6.19. The Labute approximate surface area is 180 Å². The first kappa shape index (κ1) is 22.1. The maximum atomic E-state index is 12.7. The van der Waals surface area contributed by atoms with Crippen molar-refractivity contribution in [3.63, 3.8) is 0 Å². The molecule has 0 unspecified atom stereocenters. The van der Waals surface area contributed by atoms with Gasteiger partial charge in [-0.2, -0.15) is 0 Å². The van der Waals surface area contributed by atoms with Crippen LogP contribution in [0.25, 0.3) is 0 Å². The number of carbonyl (C=O) groups excluding carboxylic acids is 3. The third kappa shape index (κ3) is 4.33. The van der Waals surface area contributed by atoms with Gasteiger partial charge in [0.15, 0.2) is 0 Å². The van der Waals surface area contributed by atoms with Crippen LogP contribution in [-0.4, -0.2) is 34.1 Å². The van der Waals surface area contributed by atoms with Crippen molar-refractivity contribution in [2.24, 2.45) is 5.92 Å². The van der Waals surface area contributed by atoms with Crippen molar-refractivity contribution < 1.29 is 19.3 Å². The number of benzene rings is 2. The molecule has 0 aliphatic carbocycles. The highest BCUT2D eigenvalue weighted by molar-refractivity contribution is 6.24. The number of nitro benzene ring substituents is 1. The number of rotatable bonds is 7. The van der Waals surface area contributed by atoms with Crippen LogP contribution in [0.3, 0.4) is 0 Å². The summed E-state index contributed by atoms with van der Waals surface area (Å²) in [6.07, 6.45) is 0. The summed E-state index contributed by atoms with van der Waals surface area (Å²) in [5.41, 5.74) is 1.34. The lowest BCUT2D eigenvalue weighted by Crippen LogP contribution is -2.42. The van der Waals surface area contributed by atoms with Gasteiger partial charge in [-0.15, -0.1) is 0 Å². The van der Waals surface area contributed by atoms with E-state index in [1.807, 2.05) is 38.1 Å². The molecule has 0 bridgehead atoms. The molecule has 0 saturated heterocycles. The van der Waals surface area contributed by atoms with Crippen LogP contribution in [0.1, 0.15) is 71.5 Å². The predicted octanol–water partition coefficient (Wildman–Crippen LogP) is 3.83. The summed E-state index contributed by atoms with van der Waals surface area (Å²) in [6, 6.07) is 11.5. The van der Waals surface area contributed by atoms with Crippen molar-refractivity contribution in [2.75, 3.05) is 6.54 Å². The Morgan fingerprint density at radius 1 is 1.00 bits per heavy atom. The summed E-state index contributed by atoms with van der Waals surface area (Å²) >= 11 is 0. The van der Waals surface area contributed by atoms with E-state index in [0.29, 0.717) is 5.92 Å². The molecule has 1 heterocycles. The van der Waals surface area contributed by atoms with E-state index in [-0.39, 0.29) is 23.1 Å². The van der Waals surface area contributed by atoms with Gasteiger partial charge in [0.1, 0.15) is 12.1 Å². The summed E-state index contributed by atoms with van der Waals surface area (Å²) in [7, 11) is 0. The van der Waals surface area contributed by atoms with E-state index >= 15 is 0 Å². The number of hydrogen-bond donors (Lipinski definition) is 1. The Morgan fingerprint density at radius 3 is 2.16 bits per heavy atom. The highest BCUT2D eigenvalue weighted by Crippen LogP contribution is 2.31. The highest BCUT2D eigenvalue weighted by atomic mass is 16.6. The molecule has 0 aromatic heterocycles. The van der Waals surface area contributed by atoms with E-state index < -0.39 is 34.9 Å². The van der Waals surface area contributed by atoms with E-state index in [4.69, 9.17) is 0 Å². The van der Waals surface area contributed by atoms with Crippen molar-refractivity contribution >= 4 is 23.4 Å². The first-order valence-corrected chi connectivity index (χ1v) is 10.1. The zero-order valence-corrected chi connectivity index (χ0v) is 17.9. The Hall–Kier alpha value is -3.55. The van der Waals surface area contributed by atoms with Crippen molar-refractivity contribution in [2.45, 2.75) is 39.7 Å². The average Bonchev–Trinajstić information content (AvgIpc) is 2.96. The second-order valence-electron chi connectivity index (χ2n) is 8.26. The van der Waals surface area contributed by atoms with Crippen molar-refractivity contribution in [3.05, 3.63) is 74.8 Å². The fourth-order valence-corrected chi connectivity index (χ4v) is 3.70. The van der Waals surface area contributed by atoms with Gasteiger partial charge < -0.3 is 5.32 Å². The molecule has 8 nitrogen and oxygen atoms in total. The maximum absolute atomic E-state index is 12.7. The normalized spacial score (nSPS) is 14.2. The second kappa shape index (κ2) is 8.67. The van der Waals surface area contributed by atoms with Crippen LogP contribution in [0.5, 0.6) is 0 Å². The fourth-order valence-electron chi connectivity index (χ4n) is 3.70. The largest absolute Gasteiger partial charge is 0.347 e. The Morgan fingerprint density at radius 2 is 1.61 bits per heavy atom. The highest BCUT2D eigenvalue weighted by Gasteiger charge is 2.41. The summed E-state index contributed by atoms with van der Waals surface area (Å²) in [4.78, 5) is 49.3. The lowest BCUT2D eigenvalue weighted by Gasteiger charge is -2.24. The number of nitrogens with zero attached hydrogens (tertiary/aromatic N) is 2. The van der Waals surface area contributed by atoms with Gasteiger partial charge in [-0.05, 0) is 29.0 Å². The van der Waals surface area contributed by atoms with Crippen molar-refractivity contribution in [1.82, 2.24) is 10.2 Å². The predicted molar refractivity (Wildman–Crippen MR) is 115 cm³/mol. The number of carbonyl (C=O) groups is 3. The van der Waals surface area contributed by atoms with Crippen LogP contribution >= 0.6 is 0 Å². The molecule has 8 heteroatoms. The van der Waals surface area contributed by atoms with Gasteiger partial charge >= 0.3 is 0 Å². The molecule has 2 aromatic carbocycles. The van der Waals surface area contributed by atoms with Crippen LogP contribution in [0.15, 0.2) is 42.5 Å². The molecule has 0 fully saturated rings. The molecule has 0 spiro atoms. The summed E-state index contributed by atoms with van der Waals surface area (Å²) in [5.74, 6) is -1.59. The topological polar surface area (TPSA) is 110 Å². The van der Waals surface area contributed by atoms with E-state index in [0.717, 1.165) is 10.5 Å². The molecular weight excluding hydrogens is 398 g/mol. The Balaban J connectivity index is 1.77. The SMILES string of the molecule is CC(C)c1ccc([C@H](NC(=O)CN2C(=O)c3cccc([N+](=O)[O-])c3C2=O)C(C)C)cc1. The van der Waals surface area contributed by atoms with Crippen LogP contribution in [0.4, 0.5) is 5.69 Å². The van der Waals surface area contributed by atoms with Crippen LogP contribution < -0.4 is 5.32 Å². The zero-order chi connectivity index (χ0) is 22.9. The van der Waals surface area contributed by atoms with E-state index in [9.17, 15) is 24.5 Å². The van der Waals surface area contributed by atoms with Gasteiger partial charge in [-0.3, -0.25) is 29.4 Å². The number of hydrogen-bond acceptors (Lipinski definition) is 5. The van der Waals surface area contributed by atoms with Crippen LogP contribution in [0.2, 0.25) is 0 Å². The fraction of sp³-hybridized carbons (Fsp3) is 0.348. The van der Waals surface area contributed by atoms with Gasteiger partial charge in [-0.1, -0.05) is 58.0 Å². The van der Waals surface area contributed by atoms with E-state index in [1.165, 1.54) is 23.8 Å².